The Hall–Kier alpha value is -6.44. The second-order valence-electron chi connectivity index (χ2n) is 13.2. The summed E-state index contributed by atoms with van der Waals surface area (Å²) in [5.74, 6) is 1.81. The van der Waals surface area contributed by atoms with E-state index < -0.39 is 0 Å². The summed E-state index contributed by atoms with van der Waals surface area (Å²) < 4.78 is 6.54. The fourth-order valence-corrected chi connectivity index (χ4v) is 8.35. The van der Waals surface area contributed by atoms with E-state index in [0.717, 1.165) is 17.1 Å². The van der Waals surface area contributed by atoms with Gasteiger partial charge < -0.3 is 4.74 Å². The molecule has 1 aliphatic heterocycles. The molecule has 0 spiro atoms. The summed E-state index contributed by atoms with van der Waals surface area (Å²) in [6, 6.07) is 62.0. The Morgan fingerprint density at radius 2 is 0.898 bits per heavy atom. The monoisotopic (exact) mass is 620 g/mol. The zero-order valence-corrected chi connectivity index (χ0v) is 26.6. The highest BCUT2D eigenvalue weighted by Gasteiger charge is 2.22. The summed E-state index contributed by atoms with van der Waals surface area (Å²) in [5, 5.41) is 12.7. The van der Waals surface area contributed by atoms with Crippen molar-refractivity contribution in [2.24, 2.45) is 0 Å². The lowest BCUT2D eigenvalue weighted by Gasteiger charge is -2.23. The molecule has 0 amide bonds. The number of ether oxygens (including phenoxy) is 1. The smallest absolute Gasteiger partial charge is 0.135 e. The van der Waals surface area contributed by atoms with Crippen LogP contribution in [0.3, 0.4) is 0 Å². The fourth-order valence-electron chi connectivity index (χ4n) is 8.35. The average molecular weight is 621 g/mol. The van der Waals surface area contributed by atoms with Crippen molar-refractivity contribution in [2.45, 2.75) is 0 Å². The van der Waals surface area contributed by atoms with E-state index in [4.69, 9.17) is 4.74 Å². The van der Waals surface area contributed by atoms with Crippen molar-refractivity contribution in [3.63, 3.8) is 0 Å². The number of rotatable bonds is 3. The van der Waals surface area contributed by atoms with E-state index in [0.29, 0.717) is 0 Å². The summed E-state index contributed by atoms with van der Waals surface area (Å²) in [4.78, 5) is 0. The maximum atomic E-state index is 6.54. The number of benzene rings is 10. The van der Waals surface area contributed by atoms with Crippen molar-refractivity contribution in [1.29, 1.82) is 0 Å². The van der Waals surface area contributed by atoms with Gasteiger partial charge in [0.15, 0.2) is 0 Å². The molecular formula is C48H28O. The Morgan fingerprint density at radius 3 is 1.80 bits per heavy atom. The van der Waals surface area contributed by atoms with Gasteiger partial charge in [0, 0.05) is 10.9 Å². The third-order valence-electron chi connectivity index (χ3n) is 10.6. The predicted molar refractivity (Wildman–Crippen MR) is 207 cm³/mol. The first-order valence-electron chi connectivity index (χ1n) is 16.9. The molecule has 1 aliphatic rings. The van der Waals surface area contributed by atoms with Gasteiger partial charge in [-0.1, -0.05) is 146 Å². The van der Waals surface area contributed by atoms with Crippen molar-refractivity contribution in [1.82, 2.24) is 0 Å². The van der Waals surface area contributed by atoms with Crippen LogP contribution >= 0.6 is 0 Å². The number of hydrogen-bond donors (Lipinski definition) is 0. The zero-order valence-electron chi connectivity index (χ0n) is 26.6. The van der Waals surface area contributed by atoms with Gasteiger partial charge in [0.2, 0.25) is 0 Å². The standard InChI is InChI=1S/C48H28O/c1-2-7-29(8-3-1)33-20-25-44-43(28-33)41-14-6-13-40-37(24-26-45(49-44)48(40)41)35-19-21-36-34(27-35)11-5-12-38(36)39-22-17-32-16-15-30-9-4-10-31-18-23-42(39)47(32)46(30)31/h1-28H. The lowest BCUT2D eigenvalue weighted by Crippen LogP contribution is -1.98. The summed E-state index contributed by atoms with van der Waals surface area (Å²) in [6.45, 7) is 0. The van der Waals surface area contributed by atoms with E-state index in [2.05, 4.69) is 170 Å². The minimum absolute atomic E-state index is 0.900. The lowest BCUT2D eigenvalue weighted by atomic mass is 9.87. The third kappa shape index (κ3) is 3.87. The molecule has 1 heterocycles. The summed E-state index contributed by atoms with van der Waals surface area (Å²) >= 11 is 0. The molecule has 0 aliphatic carbocycles. The van der Waals surface area contributed by atoms with Crippen molar-refractivity contribution in [2.75, 3.05) is 0 Å². The Balaban J connectivity index is 1.07. The normalized spacial score (nSPS) is 12.2. The second-order valence-corrected chi connectivity index (χ2v) is 13.2. The van der Waals surface area contributed by atoms with E-state index in [9.17, 15) is 0 Å². The average Bonchev–Trinajstić information content (AvgIpc) is 3.17. The molecule has 226 valence electrons. The van der Waals surface area contributed by atoms with Gasteiger partial charge in [-0.3, -0.25) is 0 Å². The molecular weight excluding hydrogens is 593 g/mol. The van der Waals surface area contributed by atoms with E-state index in [1.807, 2.05) is 0 Å². The molecule has 0 fully saturated rings. The molecule has 1 nitrogen and oxygen atoms in total. The molecule has 0 saturated heterocycles. The van der Waals surface area contributed by atoms with Crippen LogP contribution in [0.1, 0.15) is 0 Å². The van der Waals surface area contributed by atoms with Crippen LogP contribution in [-0.4, -0.2) is 0 Å². The van der Waals surface area contributed by atoms with Gasteiger partial charge >= 0.3 is 0 Å². The van der Waals surface area contributed by atoms with E-state index in [1.165, 1.54) is 92.8 Å². The molecule has 0 atom stereocenters. The minimum Gasteiger partial charge on any atom is -0.456 e. The third-order valence-corrected chi connectivity index (χ3v) is 10.6. The van der Waals surface area contributed by atoms with Crippen LogP contribution in [0.5, 0.6) is 11.5 Å². The van der Waals surface area contributed by atoms with Crippen LogP contribution in [0.25, 0.3) is 98.4 Å². The van der Waals surface area contributed by atoms with Gasteiger partial charge in [-0.05, 0) is 112 Å². The minimum atomic E-state index is 0.900. The second kappa shape index (κ2) is 10.0. The SMILES string of the molecule is c1ccc(-c2ccc3c(c2)-c2cccc4c(-c5ccc6c(-c7ccc8ccc9cccc%10ccc7c8c9%10)cccc6c5)ccc(c24)O3)cc1. The molecule has 11 rings (SSSR count). The molecule has 0 N–H and O–H groups in total. The maximum absolute atomic E-state index is 6.54. The van der Waals surface area contributed by atoms with Crippen LogP contribution in [0.15, 0.2) is 170 Å². The Labute approximate surface area is 283 Å². The van der Waals surface area contributed by atoms with Crippen molar-refractivity contribution in [3.8, 4) is 56.0 Å². The van der Waals surface area contributed by atoms with E-state index in [-0.39, 0.29) is 0 Å². The summed E-state index contributed by atoms with van der Waals surface area (Å²) in [7, 11) is 0. The number of hydrogen-bond acceptors (Lipinski definition) is 1. The fraction of sp³-hybridized carbons (Fsp3) is 0. The Kier molecular flexibility index (Phi) is 5.45. The van der Waals surface area contributed by atoms with Gasteiger partial charge in [-0.15, -0.1) is 0 Å². The van der Waals surface area contributed by atoms with Gasteiger partial charge in [0.05, 0.1) is 0 Å². The largest absolute Gasteiger partial charge is 0.456 e. The van der Waals surface area contributed by atoms with Gasteiger partial charge in [0.25, 0.3) is 0 Å². The molecule has 0 saturated carbocycles. The summed E-state index contributed by atoms with van der Waals surface area (Å²) in [6.07, 6.45) is 0. The highest BCUT2D eigenvalue weighted by Crippen LogP contribution is 2.50. The summed E-state index contributed by atoms with van der Waals surface area (Å²) in [5.41, 5.74) is 9.69. The predicted octanol–water partition coefficient (Wildman–Crippen LogP) is 13.7. The first-order chi connectivity index (χ1) is 24.3. The highest BCUT2D eigenvalue weighted by atomic mass is 16.5. The maximum Gasteiger partial charge on any atom is 0.135 e. The van der Waals surface area contributed by atoms with Crippen molar-refractivity contribution < 1.29 is 4.74 Å². The molecule has 0 aromatic heterocycles. The van der Waals surface area contributed by atoms with Crippen molar-refractivity contribution in [3.05, 3.63) is 170 Å². The molecule has 10 aromatic carbocycles. The van der Waals surface area contributed by atoms with Gasteiger partial charge in [0.1, 0.15) is 11.5 Å². The number of fused-ring (bicyclic) bond motifs is 3. The van der Waals surface area contributed by atoms with E-state index >= 15 is 0 Å². The molecule has 0 bridgehead atoms. The van der Waals surface area contributed by atoms with Crippen LogP contribution < -0.4 is 4.74 Å². The molecule has 49 heavy (non-hydrogen) atoms. The molecule has 0 unspecified atom stereocenters. The molecule has 10 aromatic rings. The van der Waals surface area contributed by atoms with Crippen LogP contribution in [0, 0.1) is 0 Å². The Morgan fingerprint density at radius 1 is 0.265 bits per heavy atom. The van der Waals surface area contributed by atoms with Crippen LogP contribution in [0.4, 0.5) is 0 Å². The molecule has 1 heteroatoms. The Bertz CT molecular complexity index is 2940. The van der Waals surface area contributed by atoms with Gasteiger partial charge in [-0.2, -0.15) is 0 Å². The highest BCUT2D eigenvalue weighted by molar-refractivity contribution is 6.26. The molecule has 0 radical (unpaired) electrons. The topological polar surface area (TPSA) is 9.23 Å². The van der Waals surface area contributed by atoms with E-state index in [1.54, 1.807) is 0 Å². The van der Waals surface area contributed by atoms with Crippen LogP contribution in [0.2, 0.25) is 0 Å². The first-order valence-corrected chi connectivity index (χ1v) is 16.9. The zero-order chi connectivity index (χ0) is 32.1. The van der Waals surface area contributed by atoms with Gasteiger partial charge in [-0.25, -0.2) is 0 Å². The quantitative estimate of drug-likeness (QED) is 0.179. The first kappa shape index (κ1) is 26.6. The van der Waals surface area contributed by atoms with Crippen molar-refractivity contribution >= 4 is 53.9 Å². The lowest BCUT2D eigenvalue weighted by molar-refractivity contribution is 0.487. The van der Waals surface area contributed by atoms with Crippen LogP contribution in [-0.2, 0) is 0 Å².